The number of halogens is 1. The Bertz CT molecular complexity index is 383. The van der Waals surface area contributed by atoms with Crippen molar-refractivity contribution in [1.82, 2.24) is 4.98 Å². The Morgan fingerprint density at radius 1 is 1.47 bits per heavy atom. The molecule has 1 rings (SSSR count). The van der Waals surface area contributed by atoms with Crippen molar-refractivity contribution in [3.63, 3.8) is 0 Å². The third kappa shape index (κ3) is 3.51. The lowest BCUT2D eigenvalue weighted by Gasteiger charge is -2.17. The maximum Gasteiger partial charge on any atom is 0.251 e. The lowest BCUT2D eigenvalue weighted by molar-refractivity contribution is 0.1000. The van der Waals surface area contributed by atoms with Gasteiger partial charge >= 0.3 is 0 Å². The first-order chi connectivity index (χ1) is 6.79. The molecule has 0 spiro atoms. The highest BCUT2D eigenvalue weighted by Gasteiger charge is 2.14. The first-order valence-electron chi connectivity index (χ1n) is 4.75. The fourth-order valence-electron chi connectivity index (χ4n) is 1.30. The molecule has 0 radical (unpaired) electrons. The summed E-state index contributed by atoms with van der Waals surface area (Å²) in [7, 11) is 0. The Morgan fingerprint density at radius 3 is 2.47 bits per heavy atom. The Hall–Kier alpha value is -1.09. The van der Waals surface area contributed by atoms with Crippen molar-refractivity contribution in [2.75, 3.05) is 0 Å². The van der Waals surface area contributed by atoms with Gasteiger partial charge in [-0.25, -0.2) is 4.98 Å². The normalized spacial score (nSPS) is 11.5. The summed E-state index contributed by atoms with van der Waals surface area (Å²) in [6, 6.07) is 3.41. The van der Waals surface area contributed by atoms with Crippen LogP contribution in [0.5, 0.6) is 0 Å². The summed E-state index contributed by atoms with van der Waals surface area (Å²) in [4.78, 5) is 15.1. The van der Waals surface area contributed by atoms with Gasteiger partial charge in [0.1, 0.15) is 5.15 Å². The second-order valence-corrected chi connectivity index (χ2v) is 5.10. The number of hydrogen-bond acceptors (Lipinski definition) is 2. The van der Waals surface area contributed by atoms with Gasteiger partial charge in [-0.1, -0.05) is 32.4 Å². The van der Waals surface area contributed by atoms with Gasteiger partial charge in [0, 0.05) is 5.69 Å². The van der Waals surface area contributed by atoms with Crippen LogP contribution in [-0.2, 0) is 6.42 Å². The number of primary amides is 1. The van der Waals surface area contributed by atoms with E-state index in [2.05, 4.69) is 25.8 Å². The van der Waals surface area contributed by atoms with Gasteiger partial charge in [0.15, 0.2) is 0 Å². The van der Waals surface area contributed by atoms with Crippen LogP contribution in [0.1, 0.15) is 36.8 Å². The van der Waals surface area contributed by atoms with Crippen LogP contribution in [0, 0.1) is 5.41 Å². The molecule has 4 heteroatoms. The second kappa shape index (κ2) is 4.19. The van der Waals surface area contributed by atoms with Gasteiger partial charge in [0.2, 0.25) is 0 Å². The van der Waals surface area contributed by atoms with Crippen molar-refractivity contribution < 1.29 is 4.79 Å². The van der Waals surface area contributed by atoms with Crippen LogP contribution in [0.3, 0.4) is 0 Å². The summed E-state index contributed by atoms with van der Waals surface area (Å²) in [5.74, 6) is -0.546. The molecule has 0 bridgehead atoms. The third-order valence-corrected chi connectivity index (χ3v) is 2.17. The summed E-state index contributed by atoms with van der Waals surface area (Å²) in [5.41, 5.74) is 6.42. The van der Waals surface area contributed by atoms with E-state index in [1.807, 2.05) is 0 Å². The van der Waals surface area contributed by atoms with Gasteiger partial charge in [-0.15, -0.1) is 0 Å². The van der Waals surface area contributed by atoms with Gasteiger partial charge in [-0.2, -0.15) is 0 Å². The lowest BCUT2D eigenvalue weighted by atomic mass is 9.90. The largest absolute Gasteiger partial charge is 0.366 e. The van der Waals surface area contributed by atoms with Crippen LogP contribution in [-0.4, -0.2) is 10.9 Å². The zero-order valence-electron chi connectivity index (χ0n) is 9.17. The standard InChI is InChI=1S/C11H15ClN2O/c1-11(2,3)6-7-4-5-8(10(13)15)9(12)14-7/h4-5H,6H2,1-3H3,(H2,13,15). The predicted octanol–water partition coefficient (Wildman–Crippen LogP) is 2.42. The van der Waals surface area contributed by atoms with E-state index in [1.54, 1.807) is 12.1 Å². The smallest absolute Gasteiger partial charge is 0.251 e. The van der Waals surface area contributed by atoms with Crippen LogP contribution >= 0.6 is 11.6 Å². The van der Waals surface area contributed by atoms with Gasteiger partial charge < -0.3 is 5.73 Å². The van der Waals surface area contributed by atoms with Crippen molar-refractivity contribution in [3.8, 4) is 0 Å². The second-order valence-electron chi connectivity index (χ2n) is 4.74. The predicted molar refractivity (Wildman–Crippen MR) is 60.9 cm³/mol. The number of hydrogen-bond donors (Lipinski definition) is 1. The molecule has 1 aromatic heterocycles. The number of aromatic nitrogens is 1. The highest BCUT2D eigenvalue weighted by atomic mass is 35.5. The summed E-state index contributed by atoms with van der Waals surface area (Å²) >= 11 is 5.84. The van der Waals surface area contributed by atoms with Crippen LogP contribution in [0.25, 0.3) is 0 Å². The van der Waals surface area contributed by atoms with E-state index in [-0.39, 0.29) is 16.1 Å². The number of nitrogens with zero attached hydrogens (tertiary/aromatic N) is 1. The highest BCUT2D eigenvalue weighted by molar-refractivity contribution is 6.32. The van der Waals surface area contributed by atoms with Crippen molar-refractivity contribution >= 4 is 17.5 Å². The van der Waals surface area contributed by atoms with Gasteiger partial charge in [0.05, 0.1) is 5.56 Å². The summed E-state index contributed by atoms with van der Waals surface area (Å²) < 4.78 is 0. The summed E-state index contributed by atoms with van der Waals surface area (Å²) in [6.45, 7) is 6.35. The third-order valence-electron chi connectivity index (χ3n) is 1.88. The number of nitrogens with two attached hydrogens (primary N) is 1. The van der Waals surface area contributed by atoms with E-state index in [1.165, 1.54) is 0 Å². The van der Waals surface area contributed by atoms with Crippen LogP contribution in [0.2, 0.25) is 5.15 Å². The number of carbonyl (C=O) groups is 1. The molecule has 1 aromatic rings. The molecule has 82 valence electrons. The maximum absolute atomic E-state index is 10.9. The van der Waals surface area contributed by atoms with E-state index < -0.39 is 5.91 Å². The van der Waals surface area contributed by atoms with E-state index in [4.69, 9.17) is 17.3 Å². The van der Waals surface area contributed by atoms with Crippen LogP contribution in [0.4, 0.5) is 0 Å². The fraction of sp³-hybridized carbons (Fsp3) is 0.455. The Labute approximate surface area is 94.6 Å². The SMILES string of the molecule is CC(C)(C)Cc1ccc(C(N)=O)c(Cl)n1. The molecule has 0 aromatic carbocycles. The topological polar surface area (TPSA) is 56.0 Å². The fourth-order valence-corrected chi connectivity index (χ4v) is 1.56. The molecule has 0 fully saturated rings. The Morgan fingerprint density at radius 2 is 2.07 bits per heavy atom. The molecule has 0 aliphatic heterocycles. The Kier molecular flexibility index (Phi) is 3.35. The number of pyridine rings is 1. The zero-order valence-corrected chi connectivity index (χ0v) is 9.93. The average Bonchev–Trinajstić information content (AvgIpc) is 1.99. The summed E-state index contributed by atoms with van der Waals surface area (Å²) in [5, 5.41) is 0.184. The van der Waals surface area contributed by atoms with Crippen molar-refractivity contribution in [3.05, 3.63) is 28.5 Å². The minimum Gasteiger partial charge on any atom is -0.366 e. The first-order valence-corrected chi connectivity index (χ1v) is 5.12. The molecular formula is C11H15ClN2O. The molecule has 0 atom stereocenters. The number of rotatable bonds is 2. The van der Waals surface area contributed by atoms with Gasteiger partial charge in [0.25, 0.3) is 5.91 Å². The van der Waals surface area contributed by atoms with Crippen molar-refractivity contribution in [2.24, 2.45) is 11.1 Å². The molecule has 2 N–H and O–H groups in total. The number of amides is 1. The molecule has 0 aliphatic rings. The molecule has 15 heavy (non-hydrogen) atoms. The highest BCUT2D eigenvalue weighted by Crippen LogP contribution is 2.21. The molecule has 1 heterocycles. The Balaban J connectivity index is 2.97. The molecule has 0 saturated carbocycles. The van der Waals surface area contributed by atoms with Gasteiger partial charge in [-0.05, 0) is 24.0 Å². The van der Waals surface area contributed by atoms with Crippen LogP contribution in [0.15, 0.2) is 12.1 Å². The quantitative estimate of drug-likeness (QED) is 0.788. The van der Waals surface area contributed by atoms with Crippen LogP contribution < -0.4 is 5.73 Å². The van der Waals surface area contributed by atoms with E-state index in [0.717, 1.165) is 12.1 Å². The van der Waals surface area contributed by atoms with E-state index in [0.29, 0.717) is 0 Å². The van der Waals surface area contributed by atoms with Gasteiger partial charge in [-0.3, -0.25) is 4.79 Å². The molecular weight excluding hydrogens is 212 g/mol. The maximum atomic E-state index is 10.9. The zero-order chi connectivity index (χ0) is 11.6. The molecule has 0 saturated heterocycles. The summed E-state index contributed by atoms with van der Waals surface area (Å²) in [6.07, 6.45) is 0.811. The lowest BCUT2D eigenvalue weighted by Crippen LogP contribution is -2.14. The number of carbonyl (C=O) groups excluding carboxylic acids is 1. The van der Waals surface area contributed by atoms with Crippen molar-refractivity contribution in [1.29, 1.82) is 0 Å². The molecule has 3 nitrogen and oxygen atoms in total. The first kappa shape index (κ1) is 12.0. The molecule has 0 unspecified atom stereocenters. The minimum atomic E-state index is -0.546. The monoisotopic (exact) mass is 226 g/mol. The molecule has 0 aliphatic carbocycles. The minimum absolute atomic E-state index is 0.143. The average molecular weight is 227 g/mol. The van der Waals surface area contributed by atoms with E-state index >= 15 is 0 Å². The van der Waals surface area contributed by atoms with Crippen molar-refractivity contribution in [2.45, 2.75) is 27.2 Å². The molecule has 1 amide bonds. The van der Waals surface area contributed by atoms with E-state index in [9.17, 15) is 4.79 Å².